The monoisotopic (exact) mass is 282 g/mol. The van der Waals surface area contributed by atoms with Gasteiger partial charge in [-0.3, -0.25) is 0 Å². The molecule has 1 aromatic heterocycles. The second-order valence-electron chi connectivity index (χ2n) is 5.29. The molecule has 102 valence electrons. The van der Waals surface area contributed by atoms with Gasteiger partial charge < -0.3 is 9.55 Å². The van der Waals surface area contributed by atoms with Gasteiger partial charge in [-0.2, -0.15) is 0 Å². The van der Waals surface area contributed by atoms with E-state index in [1.54, 1.807) is 0 Å². The number of benzene rings is 2. The van der Waals surface area contributed by atoms with E-state index in [4.69, 9.17) is 12.2 Å². The van der Waals surface area contributed by atoms with Gasteiger partial charge in [0, 0.05) is 6.54 Å². The molecule has 2 nitrogen and oxygen atoms in total. The molecule has 3 rings (SSSR count). The topological polar surface area (TPSA) is 20.7 Å². The smallest absolute Gasteiger partial charge is 0.178 e. The molecule has 0 aliphatic carbocycles. The fourth-order valence-corrected chi connectivity index (χ4v) is 3.02. The van der Waals surface area contributed by atoms with E-state index in [0.717, 1.165) is 23.3 Å². The van der Waals surface area contributed by atoms with Crippen LogP contribution in [0.2, 0.25) is 0 Å². The number of H-pyrrole nitrogens is 1. The molecule has 1 N–H and O–H groups in total. The van der Waals surface area contributed by atoms with Crippen molar-refractivity contribution in [1.82, 2.24) is 9.55 Å². The Hall–Kier alpha value is -1.87. The molecule has 0 fully saturated rings. The zero-order valence-corrected chi connectivity index (χ0v) is 12.6. The summed E-state index contributed by atoms with van der Waals surface area (Å²) in [5, 5.41) is 0. The fraction of sp³-hybridized carbons (Fsp3) is 0.235. The molecule has 0 bridgehead atoms. The highest BCUT2D eigenvalue weighted by Gasteiger charge is 2.06. The zero-order valence-electron chi connectivity index (χ0n) is 11.8. The molecule has 0 radical (unpaired) electrons. The maximum absolute atomic E-state index is 5.46. The van der Waals surface area contributed by atoms with Crippen LogP contribution < -0.4 is 0 Å². The maximum atomic E-state index is 5.46. The van der Waals surface area contributed by atoms with E-state index < -0.39 is 0 Å². The standard InChI is InChI=1S/C17H18N2S/c1-12-5-3-7-14(11-12)9-10-19-16-13(2)6-4-8-15(16)18-17(19)20/h3-8,11H,9-10H2,1-2H3,(H,18,20). The Morgan fingerprint density at radius 3 is 2.70 bits per heavy atom. The van der Waals surface area contributed by atoms with Gasteiger partial charge in [-0.05, 0) is 49.7 Å². The van der Waals surface area contributed by atoms with Crippen molar-refractivity contribution in [3.05, 3.63) is 63.9 Å². The minimum absolute atomic E-state index is 0.807. The van der Waals surface area contributed by atoms with Gasteiger partial charge in [-0.15, -0.1) is 0 Å². The first kappa shape index (κ1) is 13.1. The van der Waals surface area contributed by atoms with E-state index in [9.17, 15) is 0 Å². The van der Waals surface area contributed by atoms with Crippen molar-refractivity contribution in [3.8, 4) is 0 Å². The minimum Gasteiger partial charge on any atom is -0.331 e. The van der Waals surface area contributed by atoms with Gasteiger partial charge in [-0.25, -0.2) is 0 Å². The highest BCUT2D eigenvalue weighted by atomic mass is 32.1. The van der Waals surface area contributed by atoms with Crippen LogP contribution in [0.4, 0.5) is 0 Å². The van der Waals surface area contributed by atoms with Crippen LogP contribution in [0.3, 0.4) is 0 Å². The van der Waals surface area contributed by atoms with Crippen LogP contribution in [-0.2, 0) is 13.0 Å². The van der Waals surface area contributed by atoms with E-state index in [1.165, 1.54) is 22.2 Å². The van der Waals surface area contributed by atoms with E-state index in [2.05, 4.69) is 65.9 Å². The number of hydrogen-bond acceptors (Lipinski definition) is 1. The predicted molar refractivity (Wildman–Crippen MR) is 86.7 cm³/mol. The largest absolute Gasteiger partial charge is 0.331 e. The van der Waals surface area contributed by atoms with Gasteiger partial charge in [0.2, 0.25) is 0 Å². The molecule has 20 heavy (non-hydrogen) atoms. The predicted octanol–water partition coefficient (Wildman–Crippen LogP) is 4.56. The number of para-hydroxylation sites is 1. The Balaban J connectivity index is 1.95. The quantitative estimate of drug-likeness (QED) is 0.698. The Labute approximate surface area is 124 Å². The molecule has 0 saturated carbocycles. The zero-order chi connectivity index (χ0) is 14.1. The van der Waals surface area contributed by atoms with Gasteiger partial charge in [-0.1, -0.05) is 42.0 Å². The minimum atomic E-state index is 0.807. The molecule has 0 unspecified atom stereocenters. The molecule has 0 saturated heterocycles. The van der Waals surface area contributed by atoms with Crippen LogP contribution in [0, 0.1) is 18.6 Å². The highest BCUT2D eigenvalue weighted by Crippen LogP contribution is 2.19. The second-order valence-corrected chi connectivity index (χ2v) is 5.68. The number of aromatic amines is 1. The van der Waals surface area contributed by atoms with Crippen molar-refractivity contribution in [2.45, 2.75) is 26.8 Å². The van der Waals surface area contributed by atoms with Crippen molar-refractivity contribution in [2.75, 3.05) is 0 Å². The van der Waals surface area contributed by atoms with Crippen LogP contribution >= 0.6 is 12.2 Å². The number of aryl methyl sites for hydroxylation is 4. The van der Waals surface area contributed by atoms with Crippen molar-refractivity contribution >= 4 is 23.3 Å². The van der Waals surface area contributed by atoms with Gasteiger partial charge in [0.1, 0.15) is 0 Å². The summed E-state index contributed by atoms with van der Waals surface area (Å²) >= 11 is 5.46. The van der Waals surface area contributed by atoms with E-state index >= 15 is 0 Å². The molecule has 3 heteroatoms. The molecule has 0 aliphatic rings. The van der Waals surface area contributed by atoms with Crippen molar-refractivity contribution in [2.24, 2.45) is 0 Å². The van der Waals surface area contributed by atoms with Crippen molar-refractivity contribution < 1.29 is 0 Å². The SMILES string of the molecule is Cc1cccc(CCn2c(=S)[nH]c3cccc(C)c32)c1. The molecule has 1 heterocycles. The number of aromatic nitrogens is 2. The summed E-state index contributed by atoms with van der Waals surface area (Å²) < 4.78 is 3.02. The average Bonchev–Trinajstić information content (AvgIpc) is 2.74. The molecule has 0 spiro atoms. The van der Waals surface area contributed by atoms with Crippen LogP contribution in [0.5, 0.6) is 0 Å². The summed E-state index contributed by atoms with van der Waals surface area (Å²) in [5.74, 6) is 0. The van der Waals surface area contributed by atoms with Crippen molar-refractivity contribution in [1.29, 1.82) is 0 Å². The molecule has 2 aromatic carbocycles. The van der Waals surface area contributed by atoms with Crippen LogP contribution in [-0.4, -0.2) is 9.55 Å². The van der Waals surface area contributed by atoms with E-state index in [0.29, 0.717) is 0 Å². The maximum Gasteiger partial charge on any atom is 0.178 e. The lowest BCUT2D eigenvalue weighted by molar-refractivity contribution is 0.705. The van der Waals surface area contributed by atoms with Crippen LogP contribution in [0.15, 0.2) is 42.5 Å². The summed E-state index contributed by atoms with van der Waals surface area (Å²) in [6.07, 6.45) is 0.997. The first-order valence-electron chi connectivity index (χ1n) is 6.89. The van der Waals surface area contributed by atoms with Gasteiger partial charge in [0.15, 0.2) is 4.77 Å². The van der Waals surface area contributed by atoms with E-state index in [-0.39, 0.29) is 0 Å². The number of imidazole rings is 1. The lowest BCUT2D eigenvalue weighted by Gasteiger charge is -2.07. The summed E-state index contributed by atoms with van der Waals surface area (Å²) in [4.78, 5) is 3.29. The molecular weight excluding hydrogens is 264 g/mol. The number of nitrogens with zero attached hydrogens (tertiary/aromatic N) is 1. The van der Waals surface area contributed by atoms with Gasteiger partial charge in [0.25, 0.3) is 0 Å². The highest BCUT2D eigenvalue weighted by molar-refractivity contribution is 7.71. The number of fused-ring (bicyclic) bond motifs is 1. The lowest BCUT2D eigenvalue weighted by Crippen LogP contribution is -2.02. The Kier molecular flexibility index (Phi) is 3.45. The summed E-state index contributed by atoms with van der Waals surface area (Å²) in [5.41, 5.74) is 6.28. The summed E-state index contributed by atoms with van der Waals surface area (Å²) in [6, 6.07) is 14.9. The Morgan fingerprint density at radius 1 is 1.10 bits per heavy atom. The van der Waals surface area contributed by atoms with Gasteiger partial charge >= 0.3 is 0 Å². The average molecular weight is 282 g/mol. The third-order valence-corrected chi connectivity index (χ3v) is 4.02. The van der Waals surface area contributed by atoms with Crippen molar-refractivity contribution in [3.63, 3.8) is 0 Å². The van der Waals surface area contributed by atoms with Crippen LogP contribution in [0.1, 0.15) is 16.7 Å². The molecule has 3 aromatic rings. The van der Waals surface area contributed by atoms with E-state index in [1.807, 2.05) is 0 Å². The first-order valence-corrected chi connectivity index (χ1v) is 7.29. The fourth-order valence-electron chi connectivity index (χ4n) is 2.72. The Morgan fingerprint density at radius 2 is 1.90 bits per heavy atom. The second kappa shape index (κ2) is 5.25. The third-order valence-electron chi connectivity index (χ3n) is 3.70. The molecule has 0 amide bonds. The van der Waals surface area contributed by atoms with Crippen LogP contribution in [0.25, 0.3) is 11.0 Å². The summed E-state index contributed by atoms with van der Waals surface area (Å²) in [7, 11) is 0. The molecule has 0 aliphatic heterocycles. The molecule has 0 atom stereocenters. The number of hydrogen-bond donors (Lipinski definition) is 1. The first-order chi connectivity index (χ1) is 9.65. The normalized spacial score (nSPS) is 11.1. The lowest BCUT2D eigenvalue weighted by atomic mass is 10.1. The molecular formula is C17H18N2S. The Bertz CT molecular complexity index is 811. The van der Waals surface area contributed by atoms with Gasteiger partial charge in [0.05, 0.1) is 11.0 Å². The third kappa shape index (κ3) is 2.41. The number of rotatable bonds is 3. The number of nitrogens with one attached hydrogen (secondary N) is 1. The summed E-state index contributed by atoms with van der Waals surface area (Å²) in [6.45, 7) is 5.17.